The number of rotatable bonds is 2. The van der Waals surface area contributed by atoms with E-state index in [0.717, 1.165) is 23.8 Å². The minimum absolute atomic E-state index is 0.618. The van der Waals surface area contributed by atoms with Gasteiger partial charge < -0.3 is 4.74 Å². The molecule has 0 saturated carbocycles. The van der Waals surface area contributed by atoms with Crippen LogP contribution in [0.25, 0.3) is 0 Å². The van der Waals surface area contributed by atoms with Crippen molar-refractivity contribution in [3.05, 3.63) is 35.9 Å². The minimum Gasteiger partial charge on any atom is -0.496 e. The number of hydrogen-bond donors (Lipinski definition) is 0. The largest absolute Gasteiger partial charge is 0.496 e. The Bertz CT molecular complexity index is 279. The summed E-state index contributed by atoms with van der Waals surface area (Å²) in [4.78, 5) is 9.84. The molecule has 1 aromatic carbocycles. The van der Waals surface area contributed by atoms with Crippen LogP contribution in [-0.2, 0) is 9.78 Å². The predicted octanol–water partition coefficient (Wildman–Crippen LogP) is 1.93. The Balaban J connectivity index is 2.26. The van der Waals surface area contributed by atoms with E-state index in [1.807, 2.05) is 24.3 Å². The molecule has 1 aliphatic heterocycles. The fourth-order valence-electron chi connectivity index (χ4n) is 1.34. The third kappa shape index (κ3) is 1.66. The summed E-state index contributed by atoms with van der Waals surface area (Å²) in [6.45, 7) is 0.618. The highest BCUT2D eigenvalue weighted by Crippen LogP contribution is 2.31. The van der Waals surface area contributed by atoms with Gasteiger partial charge in [0.15, 0.2) is 6.10 Å². The van der Waals surface area contributed by atoms with Crippen LogP contribution in [0, 0.1) is 6.10 Å². The van der Waals surface area contributed by atoms with E-state index < -0.39 is 0 Å². The van der Waals surface area contributed by atoms with E-state index in [0.29, 0.717) is 6.61 Å². The Kier molecular flexibility index (Phi) is 2.47. The molecule has 1 radical (unpaired) electrons. The molecule has 1 heterocycles. The summed E-state index contributed by atoms with van der Waals surface area (Å²) in [5.74, 6) is 0.822. The third-order valence-corrected chi connectivity index (χ3v) is 1.98. The maximum absolute atomic E-state index is 5.20. The molecule has 0 aliphatic carbocycles. The van der Waals surface area contributed by atoms with E-state index in [-0.39, 0.29) is 0 Å². The van der Waals surface area contributed by atoms with Gasteiger partial charge in [-0.05, 0) is 6.07 Å². The van der Waals surface area contributed by atoms with Gasteiger partial charge in [-0.15, -0.1) is 0 Å². The summed E-state index contributed by atoms with van der Waals surface area (Å²) >= 11 is 0. The fraction of sp³-hybridized carbons (Fsp3) is 0.300. The van der Waals surface area contributed by atoms with Crippen molar-refractivity contribution in [1.82, 2.24) is 0 Å². The van der Waals surface area contributed by atoms with E-state index in [1.54, 1.807) is 7.11 Å². The lowest BCUT2D eigenvalue weighted by molar-refractivity contribution is -0.239. The number of benzene rings is 1. The molecule has 0 amide bonds. The Morgan fingerprint density at radius 2 is 2.15 bits per heavy atom. The van der Waals surface area contributed by atoms with Crippen LogP contribution in [0.4, 0.5) is 0 Å². The summed E-state index contributed by atoms with van der Waals surface area (Å²) in [7, 11) is 1.65. The first-order chi connectivity index (χ1) is 6.42. The molecule has 0 aromatic heterocycles. The van der Waals surface area contributed by atoms with Gasteiger partial charge in [0.05, 0.1) is 13.7 Å². The van der Waals surface area contributed by atoms with Crippen molar-refractivity contribution >= 4 is 0 Å². The molecular formula is C10H11O3. The summed E-state index contributed by atoms with van der Waals surface area (Å²) in [6, 6.07) is 7.75. The zero-order valence-corrected chi connectivity index (χ0v) is 7.45. The van der Waals surface area contributed by atoms with E-state index >= 15 is 0 Å². The van der Waals surface area contributed by atoms with E-state index in [9.17, 15) is 0 Å². The molecule has 0 unspecified atom stereocenters. The van der Waals surface area contributed by atoms with Gasteiger partial charge in [-0.25, -0.2) is 9.78 Å². The Morgan fingerprint density at radius 3 is 2.85 bits per heavy atom. The summed E-state index contributed by atoms with van der Waals surface area (Å²) in [5, 5.41) is 0. The first kappa shape index (κ1) is 8.53. The maximum atomic E-state index is 5.20. The Hall–Kier alpha value is -1.06. The number of ether oxygens (including phenoxy) is 1. The molecule has 1 fully saturated rings. The van der Waals surface area contributed by atoms with Gasteiger partial charge in [0.1, 0.15) is 5.75 Å². The SMILES string of the molecule is COc1ccccc1[C]1CCOO1. The van der Waals surface area contributed by atoms with Crippen LogP contribution < -0.4 is 4.74 Å². The molecule has 2 rings (SSSR count). The molecule has 3 heteroatoms. The van der Waals surface area contributed by atoms with Crippen molar-refractivity contribution in [3.63, 3.8) is 0 Å². The van der Waals surface area contributed by atoms with Crippen LogP contribution in [0.15, 0.2) is 24.3 Å². The van der Waals surface area contributed by atoms with Crippen LogP contribution in [-0.4, -0.2) is 13.7 Å². The van der Waals surface area contributed by atoms with Crippen LogP contribution >= 0.6 is 0 Å². The molecule has 1 aliphatic rings. The smallest absolute Gasteiger partial charge is 0.171 e. The van der Waals surface area contributed by atoms with Crippen molar-refractivity contribution in [1.29, 1.82) is 0 Å². The number of para-hydroxylation sites is 1. The molecule has 0 bridgehead atoms. The molecule has 69 valence electrons. The highest BCUT2D eigenvalue weighted by Gasteiger charge is 2.23. The van der Waals surface area contributed by atoms with Crippen LogP contribution in [0.3, 0.4) is 0 Å². The number of methoxy groups -OCH3 is 1. The molecule has 0 N–H and O–H groups in total. The van der Waals surface area contributed by atoms with Crippen molar-refractivity contribution in [3.8, 4) is 5.75 Å². The summed E-state index contributed by atoms with van der Waals surface area (Å²) in [5.41, 5.74) is 0.975. The predicted molar refractivity (Wildman–Crippen MR) is 47.0 cm³/mol. The van der Waals surface area contributed by atoms with Gasteiger partial charge in [0.2, 0.25) is 0 Å². The molecule has 0 spiro atoms. The minimum atomic E-state index is 0.618. The average Bonchev–Trinajstić information content (AvgIpc) is 2.70. The maximum Gasteiger partial charge on any atom is 0.171 e. The first-order valence-corrected chi connectivity index (χ1v) is 4.20. The van der Waals surface area contributed by atoms with E-state index in [1.165, 1.54) is 0 Å². The second kappa shape index (κ2) is 3.77. The standard InChI is InChI=1S/C10H11O3/c1-11-9-5-3-2-4-8(9)10-6-7-12-13-10/h2-5H,6-7H2,1H3. The highest BCUT2D eigenvalue weighted by atomic mass is 17.2. The van der Waals surface area contributed by atoms with Crippen LogP contribution in [0.1, 0.15) is 12.0 Å². The lowest BCUT2D eigenvalue weighted by Crippen LogP contribution is -1.99. The first-order valence-electron chi connectivity index (χ1n) is 4.20. The number of hydrogen-bond acceptors (Lipinski definition) is 3. The summed E-state index contributed by atoms with van der Waals surface area (Å²) < 4.78 is 5.20. The van der Waals surface area contributed by atoms with Crippen molar-refractivity contribution in [2.24, 2.45) is 0 Å². The topological polar surface area (TPSA) is 27.7 Å². The van der Waals surface area contributed by atoms with E-state index in [4.69, 9.17) is 14.5 Å². The lowest BCUT2D eigenvalue weighted by Gasteiger charge is -2.10. The van der Waals surface area contributed by atoms with E-state index in [2.05, 4.69) is 0 Å². The van der Waals surface area contributed by atoms with Crippen LogP contribution in [0.2, 0.25) is 0 Å². The molecule has 1 saturated heterocycles. The van der Waals surface area contributed by atoms with Gasteiger partial charge in [-0.1, -0.05) is 18.2 Å². The van der Waals surface area contributed by atoms with Gasteiger partial charge in [-0.3, -0.25) is 0 Å². The molecule has 3 nitrogen and oxygen atoms in total. The second-order valence-corrected chi connectivity index (χ2v) is 2.78. The molecule has 0 atom stereocenters. The van der Waals surface area contributed by atoms with Gasteiger partial charge >= 0.3 is 0 Å². The molecule has 13 heavy (non-hydrogen) atoms. The fourth-order valence-corrected chi connectivity index (χ4v) is 1.34. The molecule has 1 aromatic rings. The van der Waals surface area contributed by atoms with Crippen LogP contribution in [0.5, 0.6) is 5.75 Å². The molecular weight excluding hydrogens is 168 g/mol. The zero-order valence-electron chi connectivity index (χ0n) is 7.45. The Morgan fingerprint density at radius 1 is 1.31 bits per heavy atom. The highest BCUT2D eigenvalue weighted by molar-refractivity contribution is 5.41. The van der Waals surface area contributed by atoms with Gasteiger partial charge in [-0.2, -0.15) is 0 Å². The van der Waals surface area contributed by atoms with Gasteiger partial charge in [0, 0.05) is 12.0 Å². The Labute approximate surface area is 77.2 Å². The second-order valence-electron chi connectivity index (χ2n) is 2.78. The van der Waals surface area contributed by atoms with Crippen molar-refractivity contribution in [2.45, 2.75) is 6.42 Å². The lowest BCUT2D eigenvalue weighted by atomic mass is 10.1. The van der Waals surface area contributed by atoms with Crippen molar-refractivity contribution in [2.75, 3.05) is 13.7 Å². The zero-order chi connectivity index (χ0) is 9.10. The van der Waals surface area contributed by atoms with Crippen molar-refractivity contribution < 1.29 is 14.5 Å². The average molecular weight is 179 g/mol. The van der Waals surface area contributed by atoms with Gasteiger partial charge in [0.25, 0.3) is 0 Å². The summed E-state index contributed by atoms with van der Waals surface area (Å²) in [6.07, 6.45) is 1.65. The monoisotopic (exact) mass is 179 g/mol. The third-order valence-electron chi connectivity index (χ3n) is 1.98. The normalized spacial score (nSPS) is 17.6. The quantitative estimate of drug-likeness (QED) is 0.649.